The number of ether oxygens (including phenoxy) is 1. The fraction of sp³-hybridized carbons (Fsp3) is 0.233. The molecule has 1 aliphatic heterocycles. The summed E-state index contributed by atoms with van der Waals surface area (Å²) in [4.78, 5) is 39.1. The summed E-state index contributed by atoms with van der Waals surface area (Å²) in [6.45, 7) is 5.30. The predicted octanol–water partition coefficient (Wildman–Crippen LogP) is 5.49. The molecule has 5 rings (SSSR count). The van der Waals surface area contributed by atoms with Gasteiger partial charge in [-0.2, -0.15) is 0 Å². The third-order valence-electron chi connectivity index (χ3n) is 6.85. The predicted molar refractivity (Wildman–Crippen MR) is 143 cm³/mol. The minimum absolute atomic E-state index is 0.0699. The second kappa shape index (κ2) is 10.8. The van der Waals surface area contributed by atoms with Crippen LogP contribution in [0.15, 0.2) is 83.1 Å². The Morgan fingerprint density at radius 1 is 1.03 bits per heavy atom. The number of hydrogen-bond donors (Lipinski definition) is 1. The standard InChI is InChI=1S/C30H29N3O5/c1-3-20(2)23-10-5-7-13-27(23)38-16-14-32-18-21(24-11-4-6-12-26(24)32)17-25-28(34)31-30(36)33(29(25)35)19-22-9-8-15-37-22/h4-13,15,17-18,20H,3,14,16,19H2,1-2H3,(H,31,34,36). The number of amides is 4. The molecule has 4 aromatic rings. The van der Waals surface area contributed by atoms with Gasteiger partial charge >= 0.3 is 6.03 Å². The number of benzene rings is 2. The monoisotopic (exact) mass is 511 g/mol. The number of imide groups is 2. The molecule has 2 aromatic carbocycles. The number of fused-ring (bicyclic) bond motifs is 1. The number of furan rings is 1. The van der Waals surface area contributed by atoms with Crippen molar-refractivity contribution in [2.24, 2.45) is 0 Å². The van der Waals surface area contributed by atoms with Crippen molar-refractivity contribution >= 4 is 34.8 Å². The van der Waals surface area contributed by atoms with Crippen LogP contribution in [0.3, 0.4) is 0 Å². The van der Waals surface area contributed by atoms with Gasteiger partial charge in [0.15, 0.2) is 0 Å². The number of hydrogen-bond acceptors (Lipinski definition) is 5. The molecule has 0 radical (unpaired) electrons. The van der Waals surface area contributed by atoms with E-state index in [2.05, 4.69) is 25.2 Å². The van der Waals surface area contributed by atoms with Crippen molar-refractivity contribution < 1.29 is 23.5 Å². The third-order valence-corrected chi connectivity index (χ3v) is 6.85. The summed E-state index contributed by atoms with van der Waals surface area (Å²) in [6.07, 6.45) is 5.93. The highest BCUT2D eigenvalue weighted by atomic mass is 16.5. The van der Waals surface area contributed by atoms with Gasteiger partial charge in [-0.3, -0.25) is 19.8 Å². The summed E-state index contributed by atoms with van der Waals surface area (Å²) in [6, 6.07) is 18.4. The molecule has 0 aliphatic carbocycles. The van der Waals surface area contributed by atoms with Crippen LogP contribution in [0.1, 0.15) is 43.1 Å². The number of carbonyl (C=O) groups excluding carboxylic acids is 3. The maximum absolute atomic E-state index is 13.2. The van der Waals surface area contributed by atoms with Gasteiger partial charge in [-0.15, -0.1) is 0 Å². The Hall–Kier alpha value is -4.59. The maximum Gasteiger partial charge on any atom is 0.331 e. The van der Waals surface area contributed by atoms with E-state index in [1.54, 1.807) is 12.1 Å². The van der Waals surface area contributed by atoms with Crippen molar-refractivity contribution in [3.05, 3.63) is 95.6 Å². The molecule has 0 spiro atoms. The van der Waals surface area contributed by atoms with Crippen LogP contribution < -0.4 is 10.1 Å². The lowest BCUT2D eigenvalue weighted by Crippen LogP contribution is -2.53. The van der Waals surface area contributed by atoms with Gasteiger partial charge in [-0.05, 0) is 48.2 Å². The fourth-order valence-corrected chi connectivity index (χ4v) is 4.62. The van der Waals surface area contributed by atoms with Gasteiger partial charge in [0.2, 0.25) is 0 Å². The number of urea groups is 1. The van der Waals surface area contributed by atoms with Gasteiger partial charge in [0.1, 0.15) is 23.7 Å². The number of aromatic nitrogens is 1. The molecular weight excluding hydrogens is 482 g/mol. The second-order valence-corrected chi connectivity index (χ2v) is 9.28. The smallest absolute Gasteiger partial charge is 0.331 e. The van der Waals surface area contributed by atoms with E-state index in [0.717, 1.165) is 28.0 Å². The molecule has 1 saturated heterocycles. The van der Waals surface area contributed by atoms with E-state index >= 15 is 0 Å². The van der Waals surface area contributed by atoms with Crippen LogP contribution in [0.25, 0.3) is 17.0 Å². The first-order valence-corrected chi connectivity index (χ1v) is 12.7. The first kappa shape index (κ1) is 25.1. The Morgan fingerprint density at radius 2 is 1.82 bits per heavy atom. The summed E-state index contributed by atoms with van der Waals surface area (Å²) in [5.41, 5.74) is 2.72. The summed E-state index contributed by atoms with van der Waals surface area (Å²) < 4.78 is 13.5. The Kier molecular flexibility index (Phi) is 7.13. The molecular formula is C30H29N3O5. The lowest BCUT2D eigenvalue weighted by Gasteiger charge is -2.25. The molecule has 1 unspecified atom stereocenters. The maximum atomic E-state index is 13.2. The summed E-state index contributed by atoms with van der Waals surface area (Å²) in [7, 11) is 0. The number of carbonyl (C=O) groups is 3. The number of rotatable bonds is 9. The van der Waals surface area contributed by atoms with E-state index in [1.165, 1.54) is 17.9 Å². The van der Waals surface area contributed by atoms with Gasteiger partial charge in [0.05, 0.1) is 19.4 Å². The topological polar surface area (TPSA) is 93.8 Å². The average Bonchev–Trinajstić information content (AvgIpc) is 3.57. The SMILES string of the molecule is CCC(C)c1ccccc1OCCn1cc(C=C2C(=O)NC(=O)N(Cc3ccco3)C2=O)c2ccccc21. The second-order valence-electron chi connectivity index (χ2n) is 9.28. The third kappa shape index (κ3) is 4.98. The van der Waals surface area contributed by atoms with E-state index in [1.807, 2.05) is 53.2 Å². The first-order valence-electron chi connectivity index (χ1n) is 12.7. The van der Waals surface area contributed by atoms with Gasteiger partial charge in [-0.1, -0.05) is 50.2 Å². The molecule has 3 heterocycles. The normalized spacial score (nSPS) is 15.8. The molecule has 2 aromatic heterocycles. The van der Waals surface area contributed by atoms with Crippen molar-refractivity contribution in [1.29, 1.82) is 0 Å². The van der Waals surface area contributed by atoms with Crippen molar-refractivity contribution in [3.8, 4) is 5.75 Å². The minimum atomic E-state index is -0.772. The number of nitrogens with zero attached hydrogens (tertiary/aromatic N) is 2. The van der Waals surface area contributed by atoms with Gasteiger partial charge in [0.25, 0.3) is 11.8 Å². The molecule has 0 saturated carbocycles. The fourth-order valence-electron chi connectivity index (χ4n) is 4.62. The number of para-hydroxylation sites is 2. The quantitative estimate of drug-likeness (QED) is 0.237. The lowest BCUT2D eigenvalue weighted by atomic mass is 9.98. The number of barbiturate groups is 1. The molecule has 0 bridgehead atoms. The molecule has 1 N–H and O–H groups in total. The van der Waals surface area contributed by atoms with Crippen molar-refractivity contribution in [2.75, 3.05) is 6.61 Å². The lowest BCUT2D eigenvalue weighted by molar-refractivity contribution is -0.130. The highest BCUT2D eigenvalue weighted by Crippen LogP contribution is 2.29. The van der Waals surface area contributed by atoms with E-state index < -0.39 is 17.8 Å². The highest BCUT2D eigenvalue weighted by molar-refractivity contribution is 6.31. The highest BCUT2D eigenvalue weighted by Gasteiger charge is 2.36. The van der Waals surface area contributed by atoms with Gasteiger partial charge in [0, 0.05) is 22.7 Å². The molecule has 1 aliphatic rings. The summed E-state index contributed by atoms with van der Waals surface area (Å²) >= 11 is 0. The molecule has 38 heavy (non-hydrogen) atoms. The van der Waals surface area contributed by atoms with E-state index in [9.17, 15) is 14.4 Å². The Bertz CT molecular complexity index is 1520. The van der Waals surface area contributed by atoms with Crippen LogP contribution in [0, 0.1) is 0 Å². The number of nitrogens with one attached hydrogen (secondary N) is 1. The Balaban J connectivity index is 1.40. The van der Waals surface area contributed by atoms with Crippen LogP contribution in [0.2, 0.25) is 0 Å². The van der Waals surface area contributed by atoms with Crippen LogP contribution in [-0.2, 0) is 22.7 Å². The molecule has 1 fully saturated rings. The molecule has 4 amide bonds. The summed E-state index contributed by atoms with van der Waals surface area (Å²) in [5.74, 6) is 0.324. The first-order chi connectivity index (χ1) is 18.5. The zero-order valence-electron chi connectivity index (χ0n) is 21.3. The molecule has 8 nitrogen and oxygen atoms in total. The van der Waals surface area contributed by atoms with Crippen LogP contribution >= 0.6 is 0 Å². The summed E-state index contributed by atoms with van der Waals surface area (Å²) in [5, 5.41) is 3.14. The van der Waals surface area contributed by atoms with Crippen molar-refractivity contribution in [2.45, 2.75) is 39.3 Å². The zero-order valence-corrected chi connectivity index (χ0v) is 21.3. The van der Waals surface area contributed by atoms with Gasteiger partial charge < -0.3 is 13.7 Å². The molecule has 8 heteroatoms. The van der Waals surface area contributed by atoms with Crippen LogP contribution in [-0.4, -0.2) is 33.9 Å². The van der Waals surface area contributed by atoms with Crippen molar-refractivity contribution in [1.82, 2.24) is 14.8 Å². The average molecular weight is 512 g/mol. The van der Waals surface area contributed by atoms with E-state index in [-0.39, 0.29) is 12.1 Å². The molecule has 194 valence electrons. The van der Waals surface area contributed by atoms with Crippen LogP contribution in [0.4, 0.5) is 4.79 Å². The van der Waals surface area contributed by atoms with E-state index in [4.69, 9.17) is 9.15 Å². The van der Waals surface area contributed by atoms with Gasteiger partial charge in [-0.25, -0.2) is 4.79 Å². The van der Waals surface area contributed by atoms with Crippen LogP contribution in [0.5, 0.6) is 5.75 Å². The Morgan fingerprint density at radius 3 is 2.61 bits per heavy atom. The largest absolute Gasteiger partial charge is 0.491 e. The molecule has 1 atom stereocenters. The van der Waals surface area contributed by atoms with E-state index in [0.29, 0.717) is 30.4 Å². The van der Waals surface area contributed by atoms with Crippen molar-refractivity contribution in [3.63, 3.8) is 0 Å². The zero-order chi connectivity index (χ0) is 26.6. The minimum Gasteiger partial charge on any atom is -0.491 e. The Labute approximate surface area is 220 Å².